The third-order valence-corrected chi connectivity index (χ3v) is 11.8. The van der Waals surface area contributed by atoms with Crippen LogP contribution in [0.5, 0.6) is 0 Å². The molecule has 8 nitrogen and oxygen atoms in total. The van der Waals surface area contributed by atoms with Gasteiger partial charge >= 0.3 is 12.1 Å². The topological polar surface area (TPSA) is 94.2 Å². The smallest absolute Gasteiger partial charge is 0.408 e. The molecular formula is C24H44N2O6Si. The molecule has 2 fully saturated rings. The normalized spacial score (nSPS) is 26.1. The van der Waals surface area contributed by atoms with Gasteiger partial charge in [0.05, 0.1) is 7.11 Å². The summed E-state index contributed by atoms with van der Waals surface area (Å²) in [5, 5.41) is 2.86. The summed E-state index contributed by atoms with van der Waals surface area (Å²) in [6.07, 6.45) is 3.01. The van der Waals surface area contributed by atoms with Gasteiger partial charge in [0, 0.05) is 12.6 Å². The van der Waals surface area contributed by atoms with Crippen LogP contribution >= 0.6 is 0 Å². The van der Waals surface area contributed by atoms with Gasteiger partial charge in [-0.05, 0) is 76.9 Å². The number of hydrogen-bond acceptors (Lipinski definition) is 6. The number of hydrogen-bond donors (Lipinski definition) is 1. The van der Waals surface area contributed by atoms with E-state index >= 15 is 0 Å². The average Bonchev–Trinajstić information content (AvgIpc) is 3.04. The highest BCUT2D eigenvalue weighted by Gasteiger charge is 2.51. The largest absolute Gasteiger partial charge is 0.467 e. The highest BCUT2D eigenvalue weighted by molar-refractivity contribution is 6.74. The van der Waals surface area contributed by atoms with Gasteiger partial charge < -0.3 is 24.1 Å². The summed E-state index contributed by atoms with van der Waals surface area (Å²) < 4.78 is 16.6. The lowest BCUT2D eigenvalue weighted by atomic mass is 9.88. The minimum absolute atomic E-state index is 0.0221. The predicted octanol–water partition coefficient (Wildman–Crippen LogP) is 4.23. The zero-order valence-corrected chi connectivity index (χ0v) is 22.9. The van der Waals surface area contributed by atoms with Crippen LogP contribution in [0.25, 0.3) is 0 Å². The number of rotatable bonds is 7. The highest BCUT2D eigenvalue weighted by Crippen LogP contribution is 2.40. The maximum absolute atomic E-state index is 13.3. The van der Waals surface area contributed by atoms with Crippen molar-refractivity contribution in [2.45, 2.75) is 116 Å². The first kappa shape index (κ1) is 27.6. The van der Waals surface area contributed by atoms with Crippen molar-refractivity contribution in [3.8, 4) is 0 Å². The van der Waals surface area contributed by atoms with Gasteiger partial charge in [0.1, 0.15) is 17.7 Å². The summed E-state index contributed by atoms with van der Waals surface area (Å²) >= 11 is 0. The minimum Gasteiger partial charge on any atom is -0.467 e. The number of nitrogens with one attached hydrogen (secondary N) is 1. The van der Waals surface area contributed by atoms with Crippen LogP contribution in [0.15, 0.2) is 0 Å². The Morgan fingerprint density at radius 3 is 2.30 bits per heavy atom. The number of amides is 2. The number of nitrogens with zero attached hydrogens (tertiary/aromatic N) is 1. The molecule has 2 amide bonds. The van der Waals surface area contributed by atoms with Crippen molar-refractivity contribution in [3.05, 3.63) is 0 Å². The average molecular weight is 485 g/mol. The first-order valence-corrected chi connectivity index (χ1v) is 15.0. The molecule has 0 radical (unpaired) electrons. The molecule has 190 valence electrons. The van der Waals surface area contributed by atoms with Crippen molar-refractivity contribution in [3.63, 3.8) is 0 Å². The van der Waals surface area contributed by atoms with E-state index in [0.29, 0.717) is 19.4 Å². The molecule has 0 aromatic rings. The van der Waals surface area contributed by atoms with E-state index in [2.05, 4.69) is 39.2 Å². The third-order valence-electron chi connectivity index (χ3n) is 7.22. The number of alkyl carbamates (subject to hydrolysis) is 1. The first-order valence-electron chi connectivity index (χ1n) is 12.1. The molecule has 4 atom stereocenters. The number of carbonyl (C=O) groups is 3. The monoisotopic (exact) mass is 484 g/mol. The Kier molecular flexibility index (Phi) is 8.65. The molecule has 1 N–H and O–H groups in total. The fraction of sp³-hybridized carbons (Fsp3) is 0.875. The fourth-order valence-electron chi connectivity index (χ4n) is 4.48. The predicted molar refractivity (Wildman–Crippen MR) is 129 cm³/mol. The van der Waals surface area contributed by atoms with Crippen molar-refractivity contribution in [1.29, 1.82) is 0 Å². The number of esters is 1. The van der Waals surface area contributed by atoms with Crippen molar-refractivity contribution in [2.24, 2.45) is 5.92 Å². The van der Waals surface area contributed by atoms with Gasteiger partial charge in [-0.1, -0.05) is 20.8 Å². The molecule has 0 bridgehead atoms. The molecule has 0 saturated carbocycles. The summed E-state index contributed by atoms with van der Waals surface area (Å²) in [7, 11) is -0.447. The second-order valence-corrected chi connectivity index (χ2v) is 16.7. The van der Waals surface area contributed by atoms with E-state index in [4.69, 9.17) is 13.9 Å². The molecule has 2 heterocycles. The summed E-state index contributed by atoms with van der Waals surface area (Å²) in [5.41, 5.74) is -0.649. The first-order chi connectivity index (χ1) is 15.1. The van der Waals surface area contributed by atoms with Gasteiger partial charge in [0.2, 0.25) is 5.91 Å². The lowest BCUT2D eigenvalue weighted by Gasteiger charge is -2.39. The van der Waals surface area contributed by atoms with Gasteiger partial charge in [-0.15, -0.1) is 0 Å². The van der Waals surface area contributed by atoms with Crippen molar-refractivity contribution in [2.75, 3.05) is 13.7 Å². The molecule has 0 aromatic carbocycles. The zero-order chi connectivity index (χ0) is 25.2. The molecule has 2 aliphatic rings. The summed E-state index contributed by atoms with van der Waals surface area (Å²) in [4.78, 5) is 39.7. The van der Waals surface area contributed by atoms with Crippen molar-refractivity contribution in [1.82, 2.24) is 10.2 Å². The Morgan fingerprint density at radius 1 is 1.12 bits per heavy atom. The van der Waals surface area contributed by atoms with Crippen LogP contribution < -0.4 is 5.32 Å². The lowest BCUT2D eigenvalue weighted by Crippen LogP contribution is -2.58. The van der Waals surface area contributed by atoms with Crippen LogP contribution in [0.1, 0.15) is 73.6 Å². The minimum atomic E-state index is -1.80. The number of fused-ring (bicyclic) bond motifs is 1. The second kappa shape index (κ2) is 10.3. The summed E-state index contributed by atoms with van der Waals surface area (Å²) in [6.45, 7) is 17.2. The molecule has 0 unspecified atom stereocenters. The number of carbonyl (C=O) groups excluding carboxylic acids is 3. The Labute approximate surface area is 200 Å². The number of ether oxygens (including phenoxy) is 2. The van der Waals surface area contributed by atoms with Crippen LogP contribution in [0, 0.1) is 5.92 Å². The van der Waals surface area contributed by atoms with E-state index in [9.17, 15) is 14.4 Å². The van der Waals surface area contributed by atoms with Crippen molar-refractivity contribution >= 4 is 26.3 Å². The Bertz CT molecular complexity index is 727. The molecule has 2 rings (SSSR count). The molecule has 0 aliphatic carbocycles. The van der Waals surface area contributed by atoms with Crippen molar-refractivity contribution < 1.29 is 28.3 Å². The van der Waals surface area contributed by atoms with E-state index in [1.54, 1.807) is 25.7 Å². The maximum Gasteiger partial charge on any atom is 0.408 e. The van der Waals surface area contributed by atoms with Crippen LogP contribution in [0.3, 0.4) is 0 Å². The van der Waals surface area contributed by atoms with Gasteiger partial charge in [-0.2, -0.15) is 0 Å². The Hall–Kier alpha value is -1.61. The molecule has 2 saturated heterocycles. The Morgan fingerprint density at radius 2 is 1.76 bits per heavy atom. The van der Waals surface area contributed by atoms with E-state index in [-0.39, 0.29) is 22.9 Å². The SMILES string of the molecule is COC(=O)[C@@H]1C[C@@H](CCCO[Si](C)(C)C(C)(C)C)[C@@H]2CC[C@H](NC(=O)OC(C)(C)C)C(=O)N12. The summed E-state index contributed by atoms with van der Waals surface area (Å²) in [5.74, 6) is -0.414. The van der Waals surface area contributed by atoms with Crippen LogP contribution in [0.2, 0.25) is 18.1 Å². The fourth-order valence-corrected chi connectivity index (χ4v) is 5.57. The summed E-state index contributed by atoms with van der Waals surface area (Å²) in [6, 6.07) is -1.32. The van der Waals surface area contributed by atoms with E-state index in [1.807, 2.05) is 0 Å². The number of methoxy groups -OCH3 is 1. The van der Waals surface area contributed by atoms with Crippen LogP contribution in [0.4, 0.5) is 4.79 Å². The molecule has 33 heavy (non-hydrogen) atoms. The number of piperidine rings is 1. The van der Waals surface area contributed by atoms with E-state index in [1.165, 1.54) is 7.11 Å². The quantitative estimate of drug-likeness (QED) is 0.330. The highest BCUT2D eigenvalue weighted by atomic mass is 28.4. The third kappa shape index (κ3) is 6.94. The molecular weight excluding hydrogens is 440 g/mol. The van der Waals surface area contributed by atoms with Crippen LogP contribution in [-0.4, -0.2) is 68.6 Å². The molecule has 2 aliphatic heterocycles. The Balaban J connectivity index is 2.02. The standard InChI is InChI=1S/C24H44N2O6Si/c1-23(2,3)32-22(29)25-17-12-13-18-16(11-10-14-31-33(8,9)24(4,5)6)15-19(21(28)30-7)26(18)20(17)27/h16-19H,10-15H2,1-9H3,(H,25,29)/t16-,17+,18+,19+/m1/s1. The maximum atomic E-state index is 13.3. The zero-order valence-electron chi connectivity index (χ0n) is 21.9. The second-order valence-electron chi connectivity index (χ2n) is 11.9. The van der Waals surface area contributed by atoms with Crippen LogP contribution in [-0.2, 0) is 23.5 Å². The lowest BCUT2D eigenvalue weighted by molar-refractivity contribution is -0.154. The van der Waals surface area contributed by atoms with E-state index in [0.717, 1.165) is 19.3 Å². The van der Waals surface area contributed by atoms with Gasteiger partial charge in [-0.25, -0.2) is 9.59 Å². The van der Waals surface area contributed by atoms with E-state index < -0.39 is 38.1 Å². The van der Waals surface area contributed by atoms with Gasteiger partial charge in [0.15, 0.2) is 8.32 Å². The van der Waals surface area contributed by atoms with Gasteiger partial charge in [-0.3, -0.25) is 4.79 Å². The molecule has 9 heteroatoms. The molecule has 0 spiro atoms. The van der Waals surface area contributed by atoms with Gasteiger partial charge in [0.25, 0.3) is 0 Å². The molecule has 0 aromatic heterocycles.